The molecular formula is C28H24FNO2. The highest BCUT2D eigenvalue weighted by Gasteiger charge is 2.31. The lowest BCUT2D eigenvalue weighted by Gasteiger charge is -2.17. The predicted molar refractivity (Wildman–Crippen MR) is 123 cm³/mol. The van der Waals surface area contributed by atoms with E-state index < -0.39 is 0 Å². The fraction of sp³-hybridized carbons (Fsp3) is 0.250. The number of hydrogen-bond donors (Lipinski definition) is 0. The van der Waals surface area contributed by atoms with Crippen LogP contribution < -0.4 is 9.47 Å². The van der Waals surface area contributed by atoms with Gasteiger partial charge in [-0.3, -0.25) is 4.98 Å². The molecule has 6 rings (SSSR count). The van der Waals surface area contributed by atoms with E-state index in [2.05, 4.69) is 17.1 Å². The van der Waals surface area contributed by atoms with Crippen LogP contribution in [0.3, 0.4) is 0 Å². The topological polar surface area (TPSA) is 31.4 Å². The van der Waals surface area contributed by atoms with Crippen LogP contribution in [-0.2, 0) is 6.42 Å². The Morgan fingerprint density at radius 1 is 0.875 bits per heavy atom. The van der Waals surface area contributed by atoms with Gasteiger partial charge in [-0.05, 0) is 92.6 Å². The van der Waals surface area contributed by atoms with Crippen molar-refractivity contribution in [3.63, 3.8) is 0 Å². The van der Waals surface area contributed by atoms with Gasteiger partial charge in [-0.1, -0.05) is 18.2 Å². The normalized spacial score (nSPS) is 17.4. The van der Waals surface area contributed by atoms with Crippen LogP contribution in [0.25, 0.3) is 10.9 Å². The van der Waals surface area contributed by atoms with Gasteiger partial charge in [-0.25, -0.2) is 4.39 Å². The van der Waals surface area contributed by atoms with Crippen LogP contribution in [0, 0.1) is 12.7 Å². The van der Waals surface area contributed by atoms with Crippen LogP contribution >= 0.6 is 0 Å². The summed E-state index contributed by atoms with van der Waals surface area (Å²) in [5.41, 5.74) is 4.80. The van der Waals surface area contributed by atoms with Gasteiger partial charge in [0.15, 0.2) is 0 Å². The minimum Gasteiger partial charge on any atom is -0.486 e. The zero-order valence-corrected chi connectivity index (χ0v) is 18.0. The van der Waals surface area contributed by atoms with Crippen molar-refractivity contribution in [3.05, 3.63) is 94.9 Å². The molecule has 0 saturated heterocycles. The number of aryl methyl sites for hydroxylation is 1. The van der Waals surface area contributed by atoms with Gasteiger partial charge in [0.1, 0.15) is 29.2 Å². The Labute approximate surface area is 186 Å². The Morgan fingerprint density at radius 3 is 2.50 bits per heavy atom. The largest absolute Gasteiger partial charge is 0.486 e. The molecule has 1 fully saturated rings. The van der Waals surface area contributed by atoms with E-state index >= 15 is 0 Å². The number of rotatable bonds is 5. The number of halogens is 1. The molecule has 3 nitrogen and oxygen atoms in total. The number of fused-ring (bicyclic) bond motifs is 2. The Hall–Kier alpha value is -3.40. The molecule has 0 N–H and O–H groups in total. The lowest BCUT2D eigenvalue weighted by atomic mass is 10.1. The van der Waals surface area contributed by atoms with E-state index in [-0.39, 0.29) is 11.9 Å². The molecule has 4 aromatic rings. The van der Waals surface area contributed by atoms with Gasteiger partial charge in [0.25, 0.3) is 0 Å². The molecule has 0 radical (unpaired) electrons. The standard InChI is InChI=1S/C28H24FNO2/c1-17-2-3-20-16-22(10-13-25(20)30-17)32-26-15-12-24(29)28-23(26)11-14-27(28)31-21-8-6-19(7-9-21)18-4-5-18/h2-3,6-10,12-13,15-16,18,27H,4-5,11,14H2,1H3. The maximum Gasteiger partial charge on any atom is 0.131 e. The first kappa shape index (κ1) is 19.3. The summed E-state index contributed by atoms with van der Waals surface area (Å²) >= 11 is 0. The Balaban J connectivity index is 1.26. The third-order valence-corrected chi connectivity index (χ3v) is 6.47. The molecule has 4 heteroatoms. The van der Waals surface area contributed by atoms with E-state index in [4.69, 9.17) is 9.47 Å². The van der Waals surface area contributed by atoms with Crippen molar-refractivity contribution in [1.29, 1.82) is 0 Å². The molecule has 32 heavy (non-hydrogen) atoms. The molecule has 3 aromatic carbocycles. The van der Waals surface area contributed by atoms with Crippen molar-refractivity contribution < 1.29 is 13.9 Å². The van der Waals surface area contributed by atoms with Crippen molar-refractivity contribution in [2.24, 2.45) is 0 Å². The number of pyridine rings is 1. The SMILES string of the molecule is Cc1ccc2cc(Oc3ccc(F)c4c3CCC4Oc3ccc(C4CC4)cc3)ccc2n1. The molecule has 160 valence electrons. The first-order valence-corrected chi connectivity index (χ1v) is 11.3. The fourth-order valence-electron chi connectivity index (χ4n) is 4.65. The van der Waals surface area contributed by atoms with Crippen molar-refractivity contribution >= 4 is 10.9 Å². The molecule has 1 saturated carbocycles. The number of ether oxygens (including phenoxy) is 2. The molecule has 1 heterocycles. The summed E-state index contributed by atoms with van der Waals surface area (Å²) in [5, 5.41) is 1.02. The molecule has 2 aliphatic carbocycles. The molecule has 0 bridgehead atoms. The molecule has 0 amide bonds. The highest BCUT2D eigenvalue weighted by molar-refractivity contribution is 5.80. The summed E-state index contributed by atoms with van der Waals surface area (Å²) in [6.07, 6.45) is 3.71. The van der Waals surface area contributed by atoms with Gasteiger partial charge in [0.2, 0.25) is 0 Å². The summed E-state index contributed by atoms with van der Waals surface area (Å²) in [6.45, 7) is 1.98. The van der Waals surface area contributed by atoms with Crippen molar-refractivity contribution in [3.8, 4) is 17.2 Å². The average molecular weight is 426 g/mol. The number of hydrogen-bond acceptors (Lipinski definition) is 3. The van der Waals surface area contributed by atoms with E-state index in [1.807, 2.05) is 49.4 Å². The third-order valence-electron chi connectivity index (χ3n) is 6.47. The Kier molecular flexibility index (Phi) is 4.60. The summed E-state index contributed by atoms with van der Waals surface area (Å²) in [4.78, 5) is 4.54. The third kappa shape index (κ3) is 3.60. The fourth-order valence-corrected chi connectivity index (χ4v) is 4.65. The van der Waals surface area contributed by atoms with Crippen LogP contribution in [0.15, 0.2) is 66.7 Å². The minimum absolute atomic E-state index is 0.234. The molecule has 0 spiro atoms. The predicted octanol–water partition coefficient (Wildman–Crippen LogP) is 7.42. The summed E-state index contributed by atoms with van der Waals surface area (Å²) in [5.74, 6) is 2.68. The highest BCUT2D eigenvalue weighted by atomic mass is 19.1. The number of aromatic nitrogens is 1. The zero-order valence-electron chi connectivity index (χ0n) is 18.0. The average Bonchev–Trinajstić information content (AvgIpc) is 3.57. The summed E-state index contributed by atoms with van der Waals surface area (Å²) in [6, 6.07) is 21.4. The second-order valence-electron chi connectivity index (χ2n) is 8.84. The van der Waals surface area contributed by atoms with Gasteiger partial charge >= 0.3 is 0 Å². The van der Waals surface area contributed by atoms with Crippen LogP contribution in [0.2, 0.25) is 0 Å². The molecule has 1 unspecified atom stereocenters. The maximum absolute atomic E-state index is 14.8. The molecule has 1 aromatic heterocycles. The highest BCUT2D eigenvalue weighted by Crippen LogP contribution is 2.44. The van der Waals surface area contributed by atoms with Crippen molar-refractivity contribution in [1.82, 2.24) is 4.98 Å². The van der Waals surface area contributed by atoms with E-state index in [0.29, 0.717) is 17.2 Å². The smallest absolute Gasteiger partial charge is 0.131 e. The quantitative estimate of drug-likeness (QED) is 0.333. The van der Waals surface area contributed by atoms with Crippen molar-refractivity contribution in [2.75, 3.05) is 0 Å². The zero-order chi connectivity index (χ0) is 21.7. The first-order chi connectivity index (χ1) is 15.6. The second kappa shape index (κ2) is 7.63. The van der Waals surface area contributed by atoms with Crippen LogP contribution in [-0.4, -0.2) is 4.98 Å². The molecule has 2 aliphatic rings. The lowest BCUT2D eigenvalue weighted by molar-refractivity contribution is 0.203. The van der Waals surface area contributed by atoms with Gasteiger partial charge in [0.05, 0.1) is 5.52 Å². The van der Waals surface area contributed by atoms with Crippen LogP contribution in [0.5, 0.6) is 17.2 Å². The number of nitrogens with zero attached hydrogens (tertiary/aromatic N) is 1. The van der Waals surface area contributed by atoms with Gasteiger partial charge in [0, 0.05) is 22.2 Å². The molecule has 0 aliphatic heterocycles. The van der Waals surface area contributed by atoms with E-state index in [9.17, 15) is 4.39 Å². The molecular weight excluding hydrogens is 401 g/mol. The van der Waals surface area contributed by atoms with Crippen molar-refractivity contribution in [2.45, 2.75) is 44.6 Å². The van der Waals surface area contributed by atoms with Gasteiger partial charge < -0.3 is 9.47 Å². The first-order valence-electron chi connectivity index (χ1n) is 11.3. The van der Waals surface area contributed by atoms with E-state index in [1.165, 1.54) is 24.5 Å². The van der Waals surface area contributed by atoms with E-state index in [1.54, 1.807) is 6.07 Å². The Morgan fingerprint density at radius 2 is 1.69 bits per heavy atom. The lowest BCUT2D eigenvalue weighted by Crippen LogP contribution is -2.06. The van der Waals surface area contributed by atoms with Gasteiger partial charge in [-0.2, -0.15) is 0 Å². The van der Waals surface area contributed by atoms with Crippen LogP contribution in [0.4, 0.5) is 4.39 Å². The number of benzene rings is 3. The van der Waals surface area contributed by atoms with E-state index in [0.717, 1.165) is 46.5 Å². The second-order valence-corrected chi connectivity index (χ2v) is 8.84. The van der Waals surface area contributed by atoms with Crippen LogP contribution in [0.1, 0.15) is 53.7 Å². The summed E-state index contributed by atoms with van der Waals surface area (Å²) < 4.78 is 27.3. The maximum atomic E-state index is 14.8. The monoisotopic (exact) mass is 425 g/mol. The summed E-state index contributed by atoms with van der Waals surface area (Å²) in [7, 11) is 0. The Bertz CT molecular complexity index is 1310. The molecule has 1 atom stereocenters. The minimum atomic E-state index is -0.302. The van der Waals surface area contributed by atoms with Gasteiger partial charge in [-0.15, -0.1) is 0 Å².